The summed E-state index contributed by atoms with van der Waals surface area (Å²) in [4.78, 5) is 11.6. The van der Waals surface area contributed by atoms with Gasteiger partial charge in [-0.2, -0.15) is 0 Å². The van der Waals surface area contributed by atoms with Gasteiger partial charge < -0.3 is 15.1 Å². The molecule has 0 spiro atoms. The summed E-state index contributed by atoms with van der Waals surface area (Å²) in [6, 6.07) is 9.69. The Hall–Kier alpha value is -2.24. The topological polar surface area (TPSA) is 68.4 Å². The first kappa shape index (κ1) is 15.3. The van der Waals surface area contributed by atoms with Crippen molar-refractivity contribution >= 4 is 11.5 Å². The van der Waals surface area contributed by atoms with Crippen LogP contribution in [0.5, 0.6) is 0 Å². The summed E-state index contributed by atoms with van der Waals surface area (Å²) in [6.45, 7) is 6.31. The molecule has 2 N–H and O–H groups in total. The number of aliphatic hydroxyl groups excluding tert-OH is 2. The predicted octanol–water partition coefficient (Wildman–Crippen LogP) is 1.87. The Morgan fingerprint density at radius 3 is 2.50 bits per heavy atom. The zero-order valence-electron chi connectivity index (χ0n) is 14.0. The standard InChI is InChI=1S/C19H21N3O2/c1-11-19(2,3)21-18-15-13(9-10-22(11)18)16(23)17(24)14(20-15)12-7-5-4-6-8-12/h4-11,16-17,23-24H,1-3H3/t11?,16-,17+/m1/s1. The van der Waals surface area contributed by atoms with E-state index in [4.69, 9.17) is 9.98 Å². The highest BCUT2D eigenvalue weighted by atomic mass is 16.3. The van der Waals surface area contributed by atoms with E-state index in [9.17, 15) is 10.2 Å². The lowest BCUT2D eigenvalue weighted by atomic mass is 9.90. The lowest BCUT2D eigenvalue weighted by Gasteiger charge is -2.34. The third kappa shape index (κ3) is 2.08. The zero-order valence-corrected chi connectivity index (χ0v) is 14.0. The van der Waals surface area contributed by atoms with Crippen LogP contribution in [0.1, 0.15) is 26.3 Å². The largest absolute Gasteiger partial charge is 0.385 e. The quantitative estimate of drug-likeness (QED) is 0.829. The Bertz CT molecular complexity index is 805. The van der Waals surface area contributed by atoms with Gasteiger partial charge in [0, 0.05) is 11.8 Å². The molecule has 1 aromatic carbocycles. The van der Waals surface area contributed by atoms with Crippen molar-refractivity contribution in [2.45, 2.75) is 44.6 Å². The minimum Gasteiger partial charge on any atom is -0.385 e. The van der Waals surface area contributed by atoms with E-state index >= 15 is 0 Å². The molecule has 3 aliphatic rings. The Balaban J connectivity index is 1.87. The van der Waals surface area contributed by atoms with Crippen LogP contribution < -0.4 is 0 Å². The summed E-state index contributed by atoms with van der Waals surface area (Å²) < 4.78 is 0. The summed E-state index contributed by atoms with van der Waals surface area (Å²) >= 11 is 0. The van der Waals surface area contributed by atoms with Crippen LogP contribution in [0.2, 0.25) is 0 Å². The molecule has 0 saturated heterocycles. The summed E-state index contributed by atoms with van der Waals surface area (Å²) in [7, 11) is 0. The molecule has 0 amide bonds. The summed E-state index contributed by atoms with van der Waals surface area (Å²) in [6.07, 6.45) is 1.71. The average molecular weight is 323 g/mol. The van der Waals surface area contributed by atoms with E-state index in [1.54, 1.807) is 0 Å². The normalized spacial score (nSPS) is 30.7. The van der Waals surface area contributed by atoms with Crippen molar-refractivity contribution in [1.82, 2.24) is 4.90 Å². The van der Waals surface area contributed by atoms with Crippen molar-refractivity contribution in [2.75, 3.05) is 0 Å². The third-order valence-electron chi connectivity index (χ3n) is 5.18. The molecule has 1 aromatic rings. The third-order valence-corrected chi connectivity index (χ3v) is 5.18. The predicted molar refractivity (Wildman–Crippen MR) is 94.0 cm³/mol. The SMILES string of the molecule is CC1N2C=CC3=C(N=C(c4ccccc4)[C@H](O)[C@@H]3O)C2=NC1(C)C. The number of hydrogen-bond acceptors (Lipinski definition) is 5. The van der Waals surface area contributed by atoms with Gasteiger partial charge in [0.25, 0.3) is 0 Å². The van der Waals surface area contributed by atoms with Gasteiger partial charge in [-0.3, -0.25) is 4.99 Å². The molecular weight excluding hydrogens is 302 g/mol. The van der Waals surface area contributed by atoms with Gasteiger partial charge in [-0.1, -0.05) is 30.3 Å². The summed E-state index contributed by atoms with van der Waals surface area (Å²) in [5, 5.41) is 21.1. The van der Waals surface area contributed by atoms with Gasteiger partial charge in [0.15, 0.2) is 5.84 Å². The first-order chi connectivity index (χ1) is 11.4. The molecule has 5 nitrogen and oxygen atoms in total. The molecule has 0 bridgehead atoms. The Morgan fingerprint density at radius 1 is 1.08 bits per heavy atom. The van der Waals surface area contributed by atoms with Gasteiger partial charge in [0.2, 0.25) is 0 Å². The highest BCUT2D eigenvalue weighted by Crippen LogP contribution is 2.37. The smallest absolute Gasteiger partial charge is 0.155 e. The van der Waals surface area contributed by atoms with Crippen molar-refractivity contribution in [3.63, 3.8) is 0 Å². The fraction of sp³-hybridized carbons (Fsp3) is 0.368. The zero-order chi connectivity index (χ0) is 17.1. The Morgan fingerprint density at radius 2 is 1.79 bits per heavy atom. The van der Waals surface area contributed by atoms with Crippen molar-refractivity contribution < 1.29 is 10.2 Å². The number of amidine groups is 1. The fourth-order valence-electron chi connectivity index (χ4n) is 3.40. The lowest BCUT2D eigenvalue weighted by Crippen LogP contribution is -2.44. The van der Waals surface area contributed by atoms with E-state index in [1.807, 2.05) is 42.6 Å². The Kier molecular flexibility index (Phi) is 3.27. The number of benzene rings is 1. The van der Waals surface area contributed by atoms with Crippen LogP contribution in [-0.4, -0.2) is 50.4 Å². The molecule has 124 valence electrons. The van der Waals surface area contributed by atoms with E-state index in [1.165, 1.54) is 0 Å². The van der Waals surface area contributed by atoms with E-state index in [2.05, 4.69) is 25.7 Å². The molecule has 5 heteroatoms. The number of nitrogens with zero attached hydrogens (tertiary/aromatic N) is 3. The number of aliphatic imine (C=N–C) groups is 2. The first-order valence-corrected chi connectivity index (χ1v) is 8.21. The van der Waals surface area contributed by atoms with E-state index in [0.717, 1.165) is 11.4 Å². The highest BCUT2D eigenvalue weighted by Gasteiger charge is 2.44. The minimum absolute atomic E-state index is 0.206. The monoisotopic (exact) mass is 323 g/mol. The van der Waals surface area contributed by atoms with Crippen molar-refractivity contribution in [3.8, 4) is 0 Å². The summed E-state index contributed by atoms with van der Waals surface area (Å²) in [5.41, 5.74) is 2.35. The lowest BCUT2D eigenvalue weighted by molar-refractivity contribution is 0.0849. The van der Waals surface area contributed by atoms with E-state index in [-0.39, 0.29) is 11.6 Å². The molecule has 0 aliphatic carbocycles. The van der Waals surface area contributed by atoms with E-state index < -0.39 is 12.2 Å². The number of rotatable bonds is 1. The van der Waals surface area contributed by atoms with E-state index in [0.29, 0.717) is 17.0 Å². The maximum Gasteiger partial charge on any atom is 0.155 e. The molecule has 0 radical (unpaired) electrons. The van der Waals surface area contributed by atoms with Gasteiger partial charge >= 0.3 is 0 Å². The second kappa shape index (κ2) is 5.13. The fourth-order valence-corrected chi connectivity index (χ4v) is 3.40. The van der Waals surface area contributed by atoms with Crippen LogP contribution in [-0.2, 0) is 0 Å². The number of aliphatic hydroxyl groups is 2. The molecule has 0 fully saturated rings. The number of hydrogen-bond donors (Lipinski definition) is 2. The molecule has 0 saturated carbocycles. The van der Waals surface area contributed by atoms with Crippen molar-refractivity contribution in [1.29, 1.82) is 0 Å². The van der Waals surface area contributed by atoms with Crippen molar-refractivity contribution in [2.24, 2.45) is 9.98 Å². The van der Waals surface area contributed by atoms with Crippen LogP contribution in [0.25, 0.3) is 0 Å². The maximum atomic E-state index is 10.6. The molecule has 24 heavy (non-hydrogen) atoms. The summed E-state index contributed by atoms with van der Waals surface area (Å²) in [5.74, 6) is 0.768. The minimum atomic E-state index is -1.05. The molecule has 3 aliphatic heterocycles. The van der Waals surface area contributed by atoms with Gasteiger partial charge in [-0.15, -0.1) is 0 Å². The van der Waals surface area contributed by atoms with Gasteiger partial charge in [-0.25, -0.2) is 4.99 Å². The van der Waals surface area contributed by atoms with Crippen LogP contribution >= 0.6 is 0 Å². The van der Waals surface area contributed by atoms with Gasteiger partial charge in [0.1, 0.15) is 17.9 Å². The maximum absolute atomic E-state index is 10.6. The second-order valence-electron chi connectivity index (χ2n) is 7.04. The second-order valence-corrected chi connectivity index (χ2v) is 7.04. The first-order valence-electron chi connectivity index (χ1n) is 8.21. The van der Waals surface area contributed by atoms with Crippen LogP contribution in [0.15, 0.2) is 63.9 Å². The molecule has 0 aromatic heterocycles. The molecule has 3 heterocycles. The van der Waals surface area contributed by atoms with Gasteiger partial charge in [0.05, 0.1) is 17.3 Å². The van der Waals surface area contributed by atoms with Crippen LogP contribution in [0.4, 0.5) is 0 Å². The van der Waals surface area contributed by atoms with Crippen LogP contribution in [0.3, 0.4) is 0 Å². The molecule has 4 rings (SSSR count). The van der Waals surface area contributed by atoms with Crippen molar-refractivity contribution in [3.05, 3.63) is 59.4 Å². The van der Waals surface area contributed by atoms with Gasteiger partial charge in [-0.05, 0) is 32.4 Å². The van der Waals surface area contributed by atoms with Crippen LogP contribution in [0, 0.1) is 0 Å². The number of fused-ring (bicyclic) bond motifs is 2. The highest BCUT2D eigenvalue weighted by molar-refractivity contribution is 6.12. The molecular formula is C19H21N3O2. The molecule has 3 atom stereocenters. The average Bonchev–Trinajstić information content (AvgIpc) is 2.81. The Labute approximate surface area is 141 Å². The molecule has 1 unspecified atom stereocenters.